The second-order valence-electron chi connectivity index (χ2n) is 5.12. The third-order valence-electron chi connectivity index (χ3n) is 3.65. The van der Waals surface area contributed by atoms with Gasteiger partial charge in [-0.05, 0) is 36.8 Å². The molecule has 1 atom stereocenters. The minimum Gasteiger partial charge on any atom is -0.387 e. The molecule has 3 N–H and O–H groups in total. The third-order valence-corrected chi connectivity index (χ3v) is 4.39. The van der Waals surface area contributed by atoms with Crippen molar-refractivity contribution in [2.45, 2.75) is 42.7 Å². The van der Waals surface area contributed by atoms with Gasteiger partial charge in [0.1, 0.15) is 0 Å². The topological polar surface area (TPSA) is 61.4 Å². The quantitative estimate of drug-likeness (QED) is 0.732. The fraction of sp³-hybridized carbons (Fsp3) is 0.533. The van der Waals surface area contributed by atoms with Crippen molar-refractivity contribution in [1.29, 1.82) is 0 Å². The highest BCUT2D eigenvalue weighted by Gasteiger charge is 2.17. The van der Waals surface area contributed by atoms with Gasteiger partial charge in [-0.2, -0.15) is 0 Å². The summed E-state index contributed by atoms with van der Waals surface area (Å²) in [6.45, 7) is 0.233. The number of aliphatic hydroxyl groups is 1. The minimum absolute atomic E-state index is 0.184. The van der Waals surface area contributed by atoms with E-state index in [2.05, 4.69) is 10.6 Å². The molecule has 2 rings (SSSR count). The number of rotatable bonds is 5. The van der Waals surface area contributed by atoms with E-state index < -0.39 is 6.10 Å². The van der Waals surface area contributed by atoms with Gasteiger partial charge < -0.3 is 15.7 Å². The number of urea groups is 1. The van der Waals surface area contributed by atoms with Crippen LogP contribution in [0.15, 0.2) is 29.2 Å². The van der Waals surface area contributed by atoms with Crippen molar-refractivity contribution in [2.75, 3.05) is 12.8 Å². The Kier molecular flexibility index (Phi) is 5.73. The maximum absolute atomic E-state index is 11.7. The van der Waals surface area contributed by atoms with Crippen molar-refractivity contribution in [1.82, 2.24) is 10.6 Å². The van der Waals surface area contributed by atoms with Gasteiger partial charge in [-0.3, -0.25) is 0 Å². The summed E-state index contributed by atoms with van der Waals surface area (Å²) in [5.74, 6) is 0. The average Bonchev–Trinajstić information content (AvgIpc) is 2.97. The van der Waals surface area contributed by atoms with Crippen LogP contribution in [0, 0.1) is 0 Å². The lowest BCUT2D eigenvalue weighted by Crippen LogP contribution is -2.42. The molecule has 0 aromatic heterocycles. The molecule has 0 heterocycles. The largest absolute Gasteiger partial charge is 0.387 e. The van der Waals surface area contributed by atoms with Crippen LogP contribution < -0.4 is 10.6 Å². The maximum Gasteiger partial charge on any atom is 0.315 e. The molecule has 1 aromatic rings. The molecule has 2 amide bonds. The van der Waals surface area contributed by atoms with E-state index >= 15 is 0 Å². The van der Waals surface area contributed by atoms with Crippen LogP contribution in [0.2, 0.25) is 0 Å². The number of amides is 2. The van der Waals surface area contributed by atoms with Gasteiger partial charge in [-0.25, -0.2) is 4.79 Å². The van der Waals surface area contributed by atoms with Gasteiger partial charge in [0.2, 0.25) is 0 Å². The Morgan fingerprint density at radius 1 is 1.35 bits per heavy atom. The Morgan fingerprint density at radius 2 is 2.00 bits per heavy atom. The van der Waals surface area contributed by atoms with Crippen molar-refractivity contribution in [3.8, 4) is 0 Å². The van der Waals surface area contributed by atoms with Gasteiger partial charge in [-0.1, -0.05) is 25.0 Å². The van der Waals surface area contributed by atoms with Crippen LogP contribution in [0.25, 0.3) is 0 Å². The molecule has 1 saturated carbocycles. The van der Waals surface area contributed by atoms with Crippen LogP contribution in [-0.2, 0) is 0 Å². The molecule has 1 aromatic carbocycles. The first-order valence-electron chi connectivity index (χ1n) is 7.05. The average molecular weight is 294 g/mol. The van der Waals surface area contributed by atoms with Crippen molar-refractivity contribution < 1.29 is 9.90 Å². The zero-order valence-electron chi connectivity index (χ0n) is 11.8. The van der Waals surface area contributed by atoms with Gasteiger partial charge in [0, 0.05) is 17.5 Å². The normalized spacial score (nSPS) is 16.9. The number of nitrogens with one attached hydrogen (secondary N) is 2. The molecule has 0 bridgehead atoms. The number of carbonyl (C=O) groups is 1. The van der Waals surface area contributed by atoms with Crippen molar-refractivity contribution in [3.63, 3.8) is 0 Å². The molecular weight excluding hydrogens is 272 g/mol. The Labute approximate surface area is 124 Å². The number of thioether (sulfide) groups is 1. The van der Waals surface area contributed by atoms with Crippen LogP contribution in [0.5, 0.6) is 0 Å². The second-order valence-corrected chi connectivity index (χ2v) is 6.00. The predicted molar refractivity (Wildman–Crippen MR) is 82.0 cm³/mol. The molecular formula is C15H22N2O2S. The molecule has 1 aliphatic rings. The molecule has 5 heteroatoms. The summed E-state index contributed by atoms with van der Waals surface area (Å²) < 4.78 is 0. The lowest BCUT2D eigenvalue weighted by atomic mass is 10.1. The summed E-state index contributed by atoms with van der Waals surface area (Å²) in [5.41, 5.74) is 0.823. The fourth-order valence-electron chi connectivity index (χ4n) is 2.44. The summed E-state index contributed by atoms with van der Waals surface area (Å²) in [6.07, 6.45) is 5.85. The standard InChI is InChI=1S/C15H22N2O2S/c1-20-13-8-6-11(7-9-13)14(18)10-16-15(19)17-12-4-2-3-5-12/h6-9,12,14,18H,2-5,10H2,1H3,(H2,16,17,19)/t14-/m0/s1. The Bertz CT molecular complexity index is 430. The van der Waals surface area contributed by atoms with E-state index in [9.17, 15) is 9.90 Å². The van der Waals surface area contributed by atoms with E-state index in [1.807, 2.05) is 30.5 Å². The SMILES string of the molecule is CSc1ccc([C@@H](O)CNC(=O)NC2CCCC2)cc1. The Balaban J connectivity index is 1.75. The zero-order chi connectivity index (χ0) is 14.4. The first-order chi connectivity index (χ1) is 9.69. The van der Waals surface area contributed by atoms with Crippen molar-refractivity contribution >= 4 is 17.8 Å². The number of benzene rings is 1. The van der Waals surface area contributed by atoms with Crippen LogP contribution in [0.1, 0.15) is 37.4 Å². The highest BCUT2D eigenvalue weighted by atomic mass is 32.2. The first kappa shape index (κ1) is 15.2. The number of aliphatic hydroxyl groups excluding tert-OH is 1. The number of hydrogen-bond acceptors (Lipinski definition) is 3. The van der Waals surface area contributed by atoms with E-state index in [1.54, 1.807) is 11.8 Å². The molecule has 110 valence electrons. The molecule has 0 radical (unpaired) electrons. The van der Waals surface area contributed by atoms with E-state index in [-0.39, 0.29) is 12.6 Å². The molecule has 0 spiro atoms. The summed E-state index contributed by atoms with van der Waals surface area (Å²) >= 11 is 1.66. The maximum atomic E-state index is 11.7. The number of carbonyl (C=O) groups excluding carboxylic acids is 1. The second kappa shape index (κ2) is 7.55. The lowest BCUT2D eigenvalue weighted by molar-refractivity contribution is 0.172. The van der Waals surface area contributed by atoms with Gasteiger partial charge in [0.15, 0.2) is 0 Å². The van der Waals surface area contributed by atoms with E-state index in [0.717, 1.165) is 23.3 Å². The monoisotopic (exact) mass is 294 g/mol. The first-order valence-corrected chi connectivity index (χ1v) is 8.28. The van der Waals surface area contributed by atoms with Crippen molar-refractivity contribution in [3.05, 3.63) is 29.8 Å². The number of hydrogen-bond donors (Lipinski definition) is 3. The molecule has 4 nitrogen and oxygen atoms in total. The molecule has 20 heavy (non-hydrogen) atoms. The third kappa shape index (κ3) is 4.42. The van der Waals surface area contributed by atoms with Gasteiger partial charge in [0.05, 0.1) is 6.10 Å². The van der Waals surface area contributed by atoms with Gasteiger partial charge >= 0.3 is 6.03 Å². The summed E-state index contributed by atoms with van der Waals surface area (Å²) in [4.78, 5) is 12.9. The molecule has 0 aliphatic heterocycles. The smallest absolute Gasteiger partial charge is 0.315 e. The lowest BCUT2D eigenvalue weighted by Gasteiger charge is -2.16. The molecule has 0 unspecified atom stereocenters. The Morgan fingerprint density at radius 3 is 2.60 bits per heavy atom. The molecule has 1 aliphatic carbocycles. The summed E-state index contributed by atoms with van der Waals surface area (Å²) in [7, 11) is 0. The molecule has 0 saturated heterocycles. The van der Waals surface area contributed by atoms with Crippen molar-refractivity contribution in [2.24, 2.45) is 0 Å². The van der Waals surface area contributed by atoms with Gasteiger partial charge in [-0.15, -0.1) is 11.8 Å². The molecule has 1 fully saturated rings. The van der Waals surface area contributed by atoms with Crippen LogP contribution in [-0.4, -0.2) is 30.0 Å². The fourth-order valence-corrected chi connectivity index (χ4v) is 2.85. The zero-order valence-corrected chi connectivity index (χ0v) is 12.6. The highest BCUT2D eigenvalue weighted by molar-refractivity contribution is 7.98. The van der Waals surface area contributed by atoms with E-state index in [0.29, 0.717) is 6.04 Å². The Hall–Kier alpha value is -1.20. The summed E-state index contributed by atoms with van der Waals surface area (Å²) in [6, 6.07) is 7.86. The summed E-state index contributed by atoms with van der Waals surface area (Å²) in [5, 5.41) is 15.7. The van der Waals surface area contributed by atoms with Crippen LogP contribution >= 0.6 is 11.8 Å². The highest BCUT2D eigenvalue weighted by Crippen LogP contribution is 2.19. The van der Waals surface area contributed by atoms with Crippen LogP contribution in [0.3, 0.4) is 0 Å². The van der Waals surface area contributed by atoms with Gasteiger partial charge in [0.25, 0.3) is 0 Å². The predicted octanol–water partition coefficient (Wildman–Crippen LogP) is 2.68. The minimum atomic E-state index is -0.666. The van der Waals surface area contributed by atoms with E-state index in [1.165, 1.54) is 12.8 Å². The van der Waals surface area contributed by atoms with Crippen LogP contribution in [0.4, 0.5) is 4.79 Å². The van der Waals surface area contributed by atoms with E-state index in [4.69, 9.17) is 0 Å².